The Morgan fingerprint density at radius 2 is 0.942 bits per heavy atom. The monoisotopic (exact) mass is 732 g/mol. The van der Waals surface area contributed by atoms with Crippen molar-refractivity contribution in [2.24, 2.45) is 11.5 Å². The minimum absolute atomic E-state index is 0.306. The summed E-state index contributed by atoms with van der Waals surface area (Å²) in [7, 11) is 7.10. The van der Waals surface area contributed by atoms with Crippen LogP contribution < -0.4 is 21.3 Å². The fraction of sp³-hybridized carbons (Fsp3) is 0.278. The molecule has 0 radical (unpaired) electrons. The molecule has 0 saturated heterocycles. The van der Waals surface area contributed by atoms with Gasteiger partial charge in [0.25, 0.3) is 0 Å². The maximum absolute atomic E-state index is 12.0. The zero-order valence-corrected chi connectivity index (χ0v) is 31.1. The van der Waals surface area contributed by atoms with Gasteiger partial charge in [-0.2, -0.15) is 21.0 Å². The normalized spacial score (nSPS) is 11.3. The lowest BCUT2D eigenvalue weighted by Crippen LogP contribution is -2.20. The fourth-order valence-corrected chi connectivity index (χ4v) is 7.18. The molecule has 52 heavy (non-hydrogen) atoms. The molecule has 2 unspecified atom stereocenters. The summed E-state index contributed by atoms with van der Waals surface area (Å²) in [5.74, 6) is -0.158. The average Bonchev–Trinajstić information content (AvgIpc) is 3.14. The van der Waals surface area contributed by atoms with Gasteiger partial charge in [-0.25, -0.2) is 9.97 Å². The second kappa shape index (κ2) is 18.7. The largest absolute Gasteiger partial charge is 0.368 e. The van der Waals surface area contributed by atoms with Gasteiger partial charge >= 0.3 is 0 Å². The molecule has 14 nitrogen and oxygen atoms in total. The van der Waals surface area contributed by atoms with Crippen LogP contribution in [0.3, 0.4) is 0 Å². The lowest BCUT2D eigenvalue weighted by Gasteiger charge is -2.20. The number of nitriles is 4. The molecule has 0 aliphatic rings. The molecule has 4 aromatic rings. The van der Waals surface area contributed by atoms with E-state index in [4.69, 9.17) is 11.5 Å². The molecule has 4 rings (SSSR count). The lowest BCUT2D eigenvalue weighted by molar-refractivity contribution is -0.118. The van der Waals surface area contributed by atoms with Crippen molar-refractivity contribution in [1.82, 2.24) is 19.9 Å². The molecule has 4 N–H and O–H groups in total. The molecular weight excluding hydrogens is 697 g/mol. The van der Waals surface area contributed by atoms with Crippen molar-refractivity contribution in [3.8, 4) is 24.3 Å². The molecule has 0 bridgehead atoms. The number of carbonyl (C=O) groups excluding carboxylic acids is 2. The molecule has 0 spiro atoms. The zero-order chi connectivity index (χ0) is 38.5. The third kappa shape index (κ3) is 9.12. The number of primary amides is 2. The number of amides is 2. The fourth-order valence-electron chi connectivity index (χ4n) is 5.06. The lowest BCUT2D eigenvalue weighted by atomic mass is 10.0. The van der Waals surface area contributed by atoms with Crippen LogP contribution >= 0.6 is 23.5 Å². The Balaban J connectivity index is 0.000000280. The van der Waals surface area contributed by atoms with Gasteiger partial charge in [-0.15, -0.1) is 0 Å². The molecule has 0 aliphatic heterocycles. The van der Waals surface area contributed by atoms with Crippen LogP contribution in [0.2, 0.25) is 0 Å². The average molecular weight is 733 g/mol. The summed E-state index contributed by atoms with van der Waals surface area (Å²) >= 11 is 2.22. The summed E-state index contributed by atoms with van der Waals surface area (Å²) in [6.07, 6.45) is 7.30. The zero-order valence-electron chi connectivity index (χ0n) is 29.4. The summed E-state index contributed by atoms with van der Waals surface area (Å²) in [4.78, 5) is 44.3. The first-order valence-electron chi connectivity index (χ1n) is 15.7. The highest BCUT2D eigenvalue weighted by Crippen LogP contribution is 2.40. The van der Waals surface area contributed by atoms with Crippen molar-refractivity contribution in [1.29, 1.82) is 21.0 Å². The molecule has 16 heteroatoms. The van der Waals surface area contributed by atoms with Crippen LogP contribution in [0, 0.1) is 45.3 Å². The Kier molecular flexibility index (Phi) is 14.5. The molecule has 0 aromatic carbocycles. The molecule has 4 heterocycles. The van der Waals surface area contributed by atoms with Crippen molar-refractivity contribution in [3.05, 3.63) is 93.6 Å². The van der Waals surface area contributed by atoms with Crippen LogP contribution in [0.25, 0.3) is 0 Å². The van der Waals surface area contributed by atoms with Gasteiger partial charge in [0.1, 0.15) is 56.5 Å². The topological polar surface area (TPSA) is 239 Å². The van der Waals surface area contributed by atoms with E-state index in [1.165, 1.54) is 0 Å². The Bertz CT molecular complexity index is 1950. The van der Waals surface area contributed by atoms with Crippen molar-refractivity contribution >= 4 is 47.0 Å². The third-order valence-electron chi connectivity index (χ3n) is 7.49. The predicted molar refractivity (Wildman–Crippen MR) is 199 cm³/mol. The maximum atomic E-state index is 12.0. The van der Waals surface area contributed by atoms with Crippen LogP contribution in [-0.4, -0.2) is 59.9 Å². The van der Waals surface area contributed by atoms with E-state index in [1.54, 1.807) is 87.0 Å². The minimum atomic E-state index is -0.717. The summed E-state index contributed by atoms with van der Waals surface area (Å²) < 4.78 is 0. The molecule has 4 aromatic heterocycles. The van der Waals surface area contributed by atoms with Crippen LogP contribution in [-0.2, 0) is 22.4 Å². The van der Waals surface area contributed by atoms with Crippen molar-refractivity contribution in [2.75, 3.05) is 38.0 Å². The molecular formula is C36H36N12O2S2. The highest BCUT2D eigenvalue weighted by molar-refractivity contribution is 8.00. The van der Waals surface area contributed by atoms with Crippen molar-refractivity contribution in [2.45, 2.75) is 47.2 Å². The second-order valence-corrected chi connectivity index (χ2v) is 13.4. The summed E-state index contributed by atoms with van der Waals surface area (Å²) in [6, 6.07) is 15.4. The summed E-state index contributed by atoms with van der Waals surface area (Å²) in [5, 5.41) is 37.7. The first-order valence-corrected chi connectivity index (χ1v) is 17.4. The number of pyridine rings is 4. The molecule has 264 valence electrons. The van der Waals surface area contributed by atoms with Crippen LogP contribution in [0.15, 0.2) is 59.1 Å². The van der Waals surface area contributed by atoms with Crippen LogP contribution in [0.4, 0.5) is 11.6 Å². The van der Waals surface area contributed by atoms with Gasteiger partial charge < -0.3 is 21.3 Å². The van der Waals surface area contributed by atoms with E-state index in [0.717, 1.165) is 23.5 Å². The third-order valence-corrected chi connectivity index (χ3v) is 10.0. The van der Waals surface area contributed by atoms with Gasteiger partial charge in [0.2, 0.25) is 11.8 Å². The van der Waals surface area contributed by atoms with E-state index in [-0.39, 0.29) is 0 Å². The van der Waals surface area contributed by atoms with E-state index >= 15 is 0 Å². The van der Waals surface area contributed by atoms with Gasteiger partial charge in [-0.3, -0.25) is 19.6 Å². The van der Waals surface area contributed by atoms with Gasteiger partial charge in [-0.05, 0) is 59.4 Å². The standard InChI is InChI=1S/2C18H18N6OS/c2*1-4-12-13(9-19)17(24(2)3)23-18(14(12)10-20)26-15(16(21)25)11-5-7-22-8-6-11/h2*5-8,15H,4H2,1-3H3,(H2,21,25). The van der Waals surface area contributed by atoms with E-state index < -0.39 is 22.3 Å². The van der Waals surface area contributed by atoms with Crippen molar-refractivity contribution < 1.29 is 9.59 Å². The molecule has 0 saturated carbocycles. The van der Waals surface area contributed by atoms with Crippen LogP contribution in [0.1, 0.15) is 68.9 Å². The molecule has 2 amide bonds. The highest BCUT2D eigenvalue weighted by Gasteiger charge is 2.27. The van der Waals surface area contributed by atoms with E-state index in [2.05, 4.69) is 44.2 Å². The number of thioether (sulfide) groups is 2. The maximum Gasteiger partial charge on any atom is 0.235 e. The number of aromatic nitrogens is 4. The van der Waals surface area contributed by atoms with Gasteiger partial charge in [-0.1, -0.05) is 37.4 Å². The predicted octanol–water partition coefficient (Wildman–Crippen LogP) is 4.33. The number of hydrogen-bond donors (Lipinski definition) is 2. The van der Waals surface area contributed by atoms with E-state index in [1.807, 2.05) is 13.8 Å². The SMILES string of the molecule is CCc1c(C#N)c(SC(C(N)=O)c2ccncc2)nc(N(C)C)c1C#N.CCc1c(C#N)c(SC(C(N)=O)c2ccncc2)nc(N(C)C)c1C#N. The van der Waals surface area contributed by atoms with E-state index in [9.17, 15) is 30.6 Å². The Labute approximate surface area is 311 Å². The number of anilines is 2. The molecule has 0 aliphatic carbocycles. The first kappa shape index (κ1) is 40.2. The van der Waals surface area contributed by atoms with Gasteiger partial charge in [0.05, 0.1) is 22.3 Å². The minimum Gasteiger partial charge on any atom is -0.368 e. The Morgan fingerprint density at radius 3 is 1.17 bits per heavy atom. The Morgan fingerprint density at radius 1 is 0.635 bits per heavy atom. The summed E-state index contributed by atoms with van der Waals surface area (Å²) in [6.45, 7) is 3.75. The quantitative estimate of drug-likeness (QED) is 0.193. The number of carbonyl (C=O) groups is 2. The molecule has 2 atom stereocenters. The van der Waals surface area contributed by atoms with Gasteiger partial charge in [0.15, 0.2) is 0 Å². The highest BCUT2D eigenvalue weighted by atomic mass is 32.2. The summed E-state index contributed by atoms with van der Waals surface area (Å²) in [5.41, 5.74) is 15.1. The van der Waals surface area contributed by atoms with Crippen LogP contribution in [0.5, 0.6) is 0 Å². The number of hydrogen-bond acceptors (Lipinski definition) is 14. The van der Waals surface area contributed by atoms with E-state index in [0.29, 0.717) is 79.0 Å². The number of rotatable bonds is 12. The van der Waals surface area contributed by atoms with Gasteiger partial charge in [0, 0.05) is 53.0 Å². The van der Waals surface area contributed by atoms with Crippen molar-refractivity contribution in [3.63, 3.8) is 0 Å². The smallest absolute Gasteiger partial charge is 0.235 e. The Hall–Kier alpha value is -6.20. The number of nitrogens with zero attached hydrogens (tertiary/aromatic N) is 10. The second-order valence-electron chi connectivity index (χ2n) is 11.2. The first-order chi connectivity index (χ1) is 24.9. The number of nitrogens with two attached hydrogens (primary N) is 2. The molecule has 0 fully saturated rings.